The minimum atomic E-state index is -0.0955. The minimum Gasteiger partial charge on any atom is -0.395 e. The highest BCUT2D eigenvalue weighted by atomic mass is 16.5. The standard InChI is InChI=1S/C17H23NO3/c1-13-7-8-15(6-4-5-10-19)12-16(13)17(20)18-14(2)9-11-21-3/h7-8,12,14,19H,5,9-11H2,1-3H3,(H,18,20). The average Bonchev–Trinajstić information content (AvgIpc) is 2.47. The number of rotatable bonds is 6. The van der Waals surface area contributed by atoms with Crippen LogP contribution in [-0.4, -0.2) is 37.4 Å². The molecule has 0 bridgehead atoms. The Morgan fingerprint density at radius 2 is 2.24 bits per heavy atom. The van der Waals surface area contributed by atoms with Crippen LogP contribution in [0, 0.1) is 18.8 Å². The molecule has 2 N–H and O–H groups in total. The first-order chi connectivity index (χ1) is 10.1. The smallest absolute Gasteiger partial charge is 0.251 e. The summed E-state index contributed by atoms with van der Waals surface area (Å²) in [5.74, 6) is 5.71. The van der Waals surface area contributed by atoms with Crippen molar-refractivity contribution in [1.29, 1.82) is 0 Å². The van der Waals surface area contributed by atoms with Crippen molar-refractivity contribution in [3.8, 4) is 11.8 Å². The quantitative estimate of drug-likeness (QED) is 0.786. The highest BCUT2D eigenvalue weighted by molar-refractivity contribution is 5.96. The van der Waals surface area contributed by atoms with E-state index in [-0.39, 0.29) is 18.6 Å². The van der Waals surface area contributed by atoms with Crippen molar-refractivity contribution in [3.05, 3.63) is 34.9 Å². The monoisotopic (exact) mass is 289 g/mol. The van der Waals surface area contributed by atoms with E-state index in [0.29, 0.717) is 18.6 Å². The second-order valence-electron chi connectivity index (χ2n) is 4.96. The molecule has 114 valence electrons. The molecule has 1 atom stereocenters. The molecule has 1 unspecified atom stereocenters. The van der Waals surface area contributed by atoms with Crippen LogP contribution in [0.15, 0.2) is 18.2 Å². The number of amides is 1. The maximum Gasteiger partial charge on any atom is 0.251 e. The highest BCUT2D eigenvalue weighted by Crippen LogP contribution is 2.11. The van der Waals surface area contributed by atoms with Gasteiger partial charge in [0.1, 0.15) is 0 Å². The molecule has 0 aromatic heterocycles. The van der Waals surface area contributed by atoms with Crippen LogP contribution >= 0.6 is 0 Å². The predicted octanol–water partition coefficient (Wildman–Crippen LogP) is 1.88. The number of hydrogen-bond donors (Lipinski definition) is 2. The van der Waals surface area contributed by atoms with E-state index >= 15 is 0 Å². The second-order valence-corrected chi connectivity index (χ2v) is 4.96. The maximum atomic E-state index is 12.3. The molecule has 0 radical (unpaired) electrons. The van der Waals surface area contributed by atoms with Crippen LogP contribution in [0.4, 0.5) is 0 Å². The summed E-state index contributed by atoms with van der Waals surface area (Å²) in [6.07, 6.45) is 1.21. The normalized spacial score (nSPS) is 11.4. The van der Waals surface area contributed by atoms with Gasteiger partial charge < -0.3 is 15.2 Å². The Balaban J connectivity index is 2.79. The van der Waals surface area contributed by atoms with Crippen molar-refractivity contribution in [2.24, 2.45) is 0 Å². The third-order valence-corrected chi connectivity index (χ3v) is 3.08. The summed E-state index contributed by atoms with van der Waals surface area (Å²) >= 11 is 0. The summed E-state index contributed by atoms with van der Waals surface area (Å²) in [5, 5.41) is 11.7. The summed E-state index contributed by atoms with van der Waals surface area (Å²) in [6.45, 7) is 4.52. The lowest BCUT2D eigenvalue weighted by atomic mass is 10.0. The molecule has 0 saturated heterocycles. The molecule has 0 fully saturated rings. The molecule has 0 aliphatic heterocycles. The number of carbonyl (C=O) groups excluding carboxylic acids is 1. The number of methoxy groups -OCH3 is 1. The van der Waals surface area contributed by atoms with Gasteiger partial charge in [-0.25, -0.2) is 0 Å². The van der Waals surface area contributed by atoms with E-state index < -0.39 is 0 Å². The van der Waals surface area contributed by atoms with Crippen LogP contribution in [0.5, 0.6) is 0 Å². The molecule has 1 aromatic rings. The number of benzene rings is 1. The molecule has 0 heterocycles. The maximum absolute atomic E-state index is 12.3. The molecular formula is C17H23NO3. The van der Waals surface area contributed by atoms with Gasteiger partial charge >= 0.3 is 0 Å². The van der Waals surface area contributed by atoms with E-state index in [4.69, 9.17) is 9.84 Å². The van der Waals surface area contributed by atoms with E-state index in [1.165, 1.54) is 0 Å². The van der Waals surface area contributed by atoms with Crippen molar-refractivity contribution in [2.75, 3.05) is 20.3 Å². The van der Waals surface area contributed by atoms with Crippen molar-refractivity contribution in [3.63, 3.8) is 0 Å². The zero-order valence-corrected chi connectivity index (χ0v) is 12.9. The van der Waals surface area contributed by atoms with Crippen LogP contribution < -0.4 is 5.32 Å². The van der Waals surface area contributed by atoms with Gasteiger partial charge in [0.2, 0.25) is 0 Å². The Morgan fingerprint density at radius 1 is 1.48 bits per heavy atom. The summed E-state index contributed by atoms with van der Waals surface area (Å²) in [5.41, 5.74) is 2.33. The fraction of sp³-hybridized carbons (Fsp3) is 0.471. The van der Waals surface area contributed by atoms with Gasteiger partial charge in [-0.15, -0.1) is 0 Å². The molecule has 0 aliphatic rings. The Hall–Kier alpha value is -1.83. The Kier molecular flexibility index (Phi) is 7.52. The van der Waals surface area contributed by atoms with Crippen LogP contribution in [-0.2, 0) is 4.74 Å². The van der Waals surface area contributed by atoms with Crippen molar-refractivity contribution < 1.29 is 14.6 Å². The summed E-state index contributed by atoms with van der Waals surface area (Å²) in [6, 6.07) is 5.61. The van der Waals surface area contributed by atoms with Crippen LogP contribution in [0.25, 0.3) is 0 Å². The molecule has 1 amide bonds. The molecule has 0 saturated carbocycles. The molecule has 4 nitrogen and oxygen atoms in total. The van der Waals surface area contributed by atoms with E-state index in [9.17, 15) is 4.79 Å². The number of nitrogens with one attached hydrogen (secondary N) is 1. The minimum absolute atomic E-state index is 0.0449. The Labute approximate surface area is 126 Å². The van der Waals surface area contributed by atoms with E-state index in [1.807, 2.05) is 26.0 Å². The van der Waals surface area contributed by atoms with E-state index in [2.05, 4.69) is 17.2 Å². The van der Waals surface area contributed by atoms with Gasteiger partial charge in [0.05, 0.1) is 6.61 Å². The Morgan fingerprint density at radius 3 is 2.90 bits per heavy atom. The zero-order chi connectivity index (χ0) is 15.7. The number of carbonyl (C=O) groups is 1. The third kappa shape index (κ3) is 5.99. The van der Waals surface area contributed by atoms with Crippen LogP contribution in [0.1, 0.15) is 41.3 Å². The number of aryl methyl sites for hydroxylation is 1. The molecule has 0 spiro atoms. The van der Waals surface area contributed by atoms with E-state index in [1.54, 1.807) is 13.2 Å². The molecule has 4 heteroatoms. The molecule has 0 aliphatic carbocycles. The number of aliphatic hydroxyl groups is 1. The summed E-state index contributed by atoms with van der Waals surface area (Å²) in [7, 11) is 1.65. The van der Waals surface area contributed by atoms with Gasteiger partial charge in [0.15, 0.2) is 0 Å². The average molecular weight is 289 g/mol. The highest BCUT2D eigenvalue weighted by Gasteiger charge is 2.12. The Bertz CT molecular complexity index is 529. The van der Waals surface area contributed by atoms with Gasteiger partial charge in [-0.3, -0.25) is 4.79 Å². The van der Waals surface area contributed by atoms with Gasteiger partial charge in [0, 0.05) is 37.3 Å². The summed E-state index contributed by atoms with van der Waals surface area (Å²) < 4.78 is 5.01. The predicted molar refractivity (Wildman–Crippen MR) is 83.2 cm³/mol. The first kappa shape index (κ1) is 17.2. The molecule has 21 heavy (non-hydrogen) atoms. The largest absolute Gasteiger partial charge is 0.395 e. The molecule has 1 aromatic carbocycles. The van der Waals surface area contributed by atoms with Gasteiger partial charge in [-0.1, -0.05) is 17.9 Å². The fourth-order valence-corrected chi connectivity index (χ4v) is 1.83. The topological polar surface area (TPSA) is 58.6 Å². The SMILES string of the molecule is COCCC(C)NC(=O)c1cc(C#CCCO)ccc1C. The molecule has 1 rings (SSSR count). The second kappa shape index (κ2) is 9.17. The van der Waals surface area contributed by atoms with Gasteiger partial charge in [0.25, 0.3) is 5.91 Å². The van der Waals surface area contributed by atoms with Gasteiger partial charge in [-0.05, 0) is 38.0 Å². The molecular weight excluding hydrogens is 266 g/mol. The lowest BCUT2D eigenvalue weighted by Gasteiger charge is -2.14. The van der Waals surface area contributed by atoms with E-state index in [0.717, 1.165) is 17.5 Å². The van der Waals surface area contributed by atoms with Crippen LogP contribution in [0.2, 0.25) is 0 Å². The van der Waals surface area contributed by atoms with Crippen molar-refractivity contribution >= 4 is 5.91 Å². The van der Waals surface area contributed by atoms with Gasteiger partial charge in [-0.2, -0.15) is 0 Å². The number of ether oxygens (including phenoxy) is 1. The summed E-state index contributed by atoms with van der Waals surface area (Å²) in [4.78, 5) is 12.3. The van der Waals surface area contributed by atoms with Crippen molar-refractivity contribution in [1.82, 2.24) is 5.32 Å². The van der Waals surface area contributed by atoms with Crippen LogP contribution in [0.3, 0.4) is 0 Å². The van der Waals surface area contributed by atoms with Crippen molar-refractivity contribution in [2.45, 2.75) is 32.7 Å². The first-order valence-electron chi connectivity index (χ1n) is 7.08. The first-order valence-corrected chi connectivity index (χ1v) is 7.08. The lowest BCUT2D eigenvalue weighted by Crippen LogP contribution is -2.33. The third-order valence-electron chi connectivity index (χ3n) is 3.08. The fourth-order valence-electron chi connectivity index (χ4n) is 1.83. The zero-order valence-electron chi connectivity index (χ0n) is 12.9. The number of hydrogen-bond acceptors (Lipinski definition) is 3. The lowest BCUT2D eigenvalue weighted by molar-refractivity contribution is 0.0929. The number of aliphatic hydroxyl groups excluding tert-OH is 1.